The van der Waals surface area contributed by atoms with Crippen LogP contribution in [-0.2, 0) is 0 Å². The van der Waals surface area contributed by atoms with Gasteiger partial charge in [-0.15, -0.1) is 0 Å². The Bertz CT molecular complexity index is 634. The van der Waals surface area contributed by atoms with Crippen LogP contribution in [0.25, 0.3) is 0 Å². The lowest BCUT2D eigenvalue weighted by atomic mass is 10.1. The van der Waals surface area contributed by atoms with E-state index in [0.29, 0.717) is 28.2 Å². The summed E-state index contributed by atoms with van der Waals surface area (Å²) in [7, 11) is 0. The molecule has 0 radical (unpaired) electrons. The van der Waals surface area contributed by atoms with Gasteiger partial charge in [0.05, 0.1) is 16.1 Å². The van der Waals surface area contributed by atoms with E-state index in [2.05, 4.69) is 15.6 Å². The smallest absolute Gasteiger partial charge is 0.147 e. The molecule has 1 atom stereocenters. The van der Waals surface area contributed by atoms with Gasteiger partial charge in [0.1, 0.15) is 17.5 Å². The second-order valence-electron chi connectivity index (χ2n) is 4.60. The van der Waals surface area contributed by atoms with Crippen molar-refractivity contribution in [3.05, 3.63) is 51.8 Å². The van der Waals surface area contributed by atoms with Gasteiger partial charge in [-0.2, -0.15) is 0 Å². The van der Waals surface area contributed by atoms with Crippen molar-refractivity contribution in [1.82, 2.24) is 4.98 Å². The molecule has 0 amide bonds. The highest BCUT2D eigenvalue weighted by molar-refractivity contribution is 6.37. The van der Waals surface area contributed by atoms with Crippen LogP contribution in [0.15, 0.2) is 30.3 Å². The first kappa shape index (κ1) is 15.9. The van der Waals surface area contributed by atoms with Crippen molar-refractivity contribution in [2.24, 2.45) is 0 Å². The second-order valence-corrected chi connectivity index (χ2v) is 5.41. The lowest BCUT2D eigenvalue weighted by Gasteiger charge is -2.17. The molecular formula is C15H16Cl2FN3. The minimum Gasteiger partial charge on any atom is -0.369 e. The van der Waals surface area contributed by atoms with Crippen LogP contribution in [0.1, 0.15) is 25.5 Å². The maximum Gasteiger partial charge on any atom is 0.147 e. The maximum atomic E-state index is 13.3. The van der Waals surface area contributed by atoms with Crippen LogP contribution in [0.2, 0.25) is 10.0 Å². The molecular weight excluding hydrogens is 312 g/mol. The van der Waals surface area contributed by atoms with Crippen LogP contribution < -0.4 is 10.6 Å². The summed E-state index contributed by atoms with van der Waals surface area (Å²) in [6, 6.07) is 7.90. The van der Waals surface area contributed by atoms with Crippen molar-refractivity contribution in [3.63, 3.8) is 0 Å². The first-order chi connectivity index (χ1) is 10.0. The molecule has 6 heteroatoms. The SMILES string of the molecule is CCNc1nc(NC(C)c2cccc(F)c2)c(Cl)cc1Cl. The van der Waals surface area contributed by atoms with Crippen LogP contribution in [0.5, 0.6) is 0 Å². The predicted octanol–water partition coefficient (Wildman–Crippen LogP) is 5.13. The number of pyridine rings is 1. The fourth-order valence-corrected chi connectivity index (χ4v) is 2.40. The topological polar surface area (TPSA) is 37.0 Å². The first-order valence-electron chi connectivity index (χ1n) is 6.63. The molecule has 112 valence electrons. The molecule has 0 fully saturated rings. The largest absolute Gasteiger partial charge is 0.369 e. The number of hydrogen-bond acceptors (Lipinski definition) is 3. The van der Waals surface area contributed by atoms with Crippen molar-refractivity contribution in [3.8, 4) is 0 Å². The quantitative estimate of drug-likeness (QED) is 0.799. The standard InChI is InChI=1S/C15H16Cl2FN3/c1-3-19-14-12(16)8-13(17)15(21-14)20-9(2)10-5-4-6-11(18)7-10/h4-9H,3H2,1-2H3,(H2,19,20,21). The monoisotopic (exact) mass is 327 g/mol. The predicted molar refractivity (Wildman–Crippen MR) is 86.9 cm³/mol. The molecule has 0 aliphatic carbocycles. The Labute approximate surface area is 133 Å². The molecule has 3 nitrogen and oxygen atoms in total. The minimum absolute atomic E-state index is 0.138. The Morgan fingerprint density at radius 1 is 1.19 bits per heavy atom. The summed E-state index contributed by atoms with van der Waals surface area (Å²) in [5.74, 6) is 0.802. The van der Waals surface area contributed by atoms with Gasteiger partial charge in [0.15, 0.2) is 0 Å². The van der Waals surface area contributed by atoms with Crippen LogP contribution in [0.3, 0.4) is 0 Å². The highest BCUT2D eigenvalue weighted by Crippen LogP contribution is 2.31. The van der Waals surface area contributed by atoms with Gasteiger partial charge in [-0.3, -0.25) is 0 Å². The summed E-state index contributed by atoms with van der Waals surface area (Å²) in [6.45, 7) is 4.57. The van der Waals surface area contributed by atoms with Gasteiger partial charge in [0.25, 0.3) is 0 Å². The minimum atomic E-state index is -0.273. The van der Waals surface area contributed by atoms with E-state index in [0.717, 1.165) is 5.56 Å². The maximum absolute atomic E-state index is 13.3. The summed E-state index contributed by atoms with van der Waals surface area (Å²) >= 11 is 12.2. The molecule has 1 aromatic heterocycles. The lowest BCUT2D eigenvalue weighted by Crippen LogP contribution is -2.10. The van der Waals surface area contributed by atoms with E-state index in [1.54, 1.807) is 12.1 Å². The average molecular weight is 328 g/mol. The Hall–Kier alpha value is -1.52. The molecule has 0 saturated heterocycles. The van der Waals surface area contributed by atoms with Crippen LogP contribution in [0.4, 0.5) is 16.0 Å². The van der Waals surface area contributed by atoms with Crippen molar-refractivity contribution in [2.75, 3.05) is 17.2 Å². The highest BCUT2D eigenvalue weighted by atomic mass is 35.5. The summed E-state index contributed by atoms with van der Waals surface area (Å²) in [5, 5.41) is 7.12. The van der Waals surface area contributed by atoms with E-state index in [-0.39, 0.29) is 11.9 Å². The van der Waals surface area contributed by atoms with Gasteiger partial charge in [0.2, 0.25) is 0 Å². The van der Waals surface area contributed by atoms with Gasteiger partial charge in [-0.1, -0.05) is 35.3 Å². The number of anilines is 2. The molecule has 0 saturated carbocycles. The van der Waals surface area contributed by atoms with Gasteiger partial charge in [0, 0.05) is 6.54 Å². The summed E-state index contributed by atoms with van der Waals surface area (Å²) in [6.07, 6.45) is 0. The molecule has 0 bridgehead atoms. The molecule has 1 heterocycles. The van der Waals surface area contributed by atoms with Gasteiger partial charge < -0.3 is 10.6 Å². The zero-order valence-electron chi connectivity index (χ0n) is 11.8. The molecule has 2 aromatic rings. The summed E-state index contributed by atoms with van der Waals surface area (Å²) in [4.78, 5) is 4.37. The third-order valence-electron chi connectivity index (χ3n) is 2.98. The number of benzene rings is 1. The molecule has 2 N–H and O–H groups in total. The molecule has 0 aliphatic heterocycles. The number of nitrogens with zero attached hydrogens (tertiary/aromatic N) is 1. The van der Waals surface area contributed by atoms with Crippen molar-refractivity contribution in [1.29, 1.82) is 0 Å². The normalized spacial score (nSPS) is 12.0. The van der Waals surface area contributed by atoms with Crippen molar-refractivity contribution >= 4 is 34.8 Å². The highest BCUT2D eigenvalue weighted by Gasteiger charge is 2.12. The third-order valence-corrected chi connectivity index (χ3v) is 3.55. The fraction of sp³-hybridized carbons (Fsp3) is 0.267. The van der Waals surface area contributed by atoms with Crippen molar-refractivity contribution in [2.45, 2.75) is 19.9 Å². The number of hydrogen-bond donors (Lipinski definition) is 2. The Balaban J connectivity index is 2.24. The lowest BCUT2D eigenvalue weighted by molar-refractivity contribution is 0.623. The van der Waals surface area contributed by atoms with E-state index in [1.165, 1.54) is 12.1 Å². The molecule has 0 spiro atoms. The Kier molecular flexibility index (Phi) is 5.26. The average Bonchev–Trinajstić information content (AvgIpc) is 2.44. The second kappa shape index (κ2) is 6.96. The Morgan fingerprint density at radius 2 is 1.90 bits per heavy atom. The molecule has 0 aliphatic rings. The fourth-order valence-electron chi connectivity index (χ4n) is 1.92. The van der Waals surface area contributed by atoms with E-state index in [9.17, 15) is 4.39 Å². The Morgan fingerprint density at radius 3 is 2.57 bits per heavy atom. The van der Waals surface area contributed by atoms with Crippen LogP contribution >= 0.6 is 23.2 Å². The van der Waals surface area contributed by atoms with Gasteiger partial charge >= 0.3 is 0 Å². The van der Waals surface area contributed by atoms with E-state index >= 15 is 0 Å². The zero-order valence-corrected chi connectivity index (χ0v) is 13.3. The van der Waals surface area contributed by atoms with Crippen LogP contribution in [0, 0.1) is 5.82 Å². The molecule has 21 heavy (non-hydrogen) atoms. The van der Waals surface area contributed by atoms with E-state index in [1.807, 2.05) is 19.9 Å². The number of aromatic nitrogens is 1. The van der Waals surface area contributed by atoms with E-state index < -0.39 is 0 Å². The molecule has 1 aromatic carbocycles. The zero-order chi connectivity index (χ0) is 15.4. The van der Waals surface area contributed by atoms with E-state index in [4.69, 9.17) is 23.2 Å². The van der Waals surface area contributed by atoms with Crippen LogP contribution in [-0.4, -0.2) is 11.5 Å². The summed E-state index contributed by atoms with van der Waals surface area (Å²) in [5.41, 5.74) is 0.813. The molecule has 2 rings (SSSR count). The third kappa shape index (κ3) is 3.99. The number of rotatable bonds is 5. The summed E-state index contributed by atoms with van der Waals surface area (Å²) < 4.78 is 13.3. The number of halogens is 3. The first-order valence-corrected chi connectivity index (χ1v) is 7.38. The van der Waals surface area contributed by atoms with Gasteiger partial charge in [-0.25, -0.2) is 9.37 Å². The number of nitrogens with one attached hydrogen (secondary N) is 2. The molecule has 1 unspecified atom stereocenters. The van der Waals surface area contributed by atoms with Gasteiger partial charge in [-0.05, 0) is 37.6 Å². The van der Waals surface area contributed by atoms with Crippen molar-refractivity contribution < 1.29 is 4.39 Å².